The molecule has 0 amide bonds. The summed E-state index contributed by atoms with van der Waals surface area (Å²) in [6, 6.07) is 8.64. The first-order valence-electron chi connectivity index (χ1n) is 4.27. The van der Waals surface area contributed by atoms with E-state index in [9.17, 15) is 0 Å². The summed E-state index contributed by atoms with van der Waals surface area (Å²) >= 11 is 5.49. The van der Waals surface area contributed by atoms with Gasteiger partial charge in [0.05, 0.1) is 4.21 Å². The van der Waals surface area contributed by atoms with E-state index >= 15 is 0 Å². The van der Waals surface area contributed by atoms with Crippen LogP contribution >= 0.6 is 34.4 Å². The standard InChI is InChI=1S/C11H10S3/c1-2-7-13-11-6-5-10(14-11)9-4-3-8-12-9/h2-6,8H,1,7H2. The minimum Gasteiger partial charge on any atom is -0.143 e. The van der Waals surface area contributed by atoms with E-state index in [-0.39, 0.29) is 0 Å². The molecule has 0 radical (unpaired) electrons. The van der Waals surface area contributed by atoms with Crippen molar-refractivity contribution in [1.82, 2.24) is 0 Å². The van der Waals surface area contributed by atoms with E-state index in [4.69, 9.17) is 0 Å². The molecule has 0 aliphatic carbocycles. The zero-order valence-electron chi connectivity index (χ0n) is 7.60. The number of hydrogen-bond donors (Lipinski definition) is 0. The Labute approximate surface area is 96.3 Å². The van der Waals surface area contributed by atoms with Gasteiger partial charge in [-0.3, -0.25) is 0 Å². The zero-order valence-corrected chi connectivity index (χ0v) is 10.1. The van der Waals surface area contributed by atoms with Crippen LogP contribution in [0.2, 0.25) is 0 Å². The molecule has 0 saturated heterocycles. The molecule has 0 bridgehead atoms. The minimum atomic E-state index is 0.990. The number of hydrogen-bond acceptors (Lipinski definition) is 3. The van der Waals surface area contributed by atoms with Crippen LogP contribution in [0.25, 0.3) is 9.75 Å². The van der Waals surface area contributed by atoms with Crippen molar-refractivity contribution in [1.29, 1.82) is 0 Å². The second-order valence-corrected chi connectivity index (χ2v) is 6.05. The maximum Gasteiger partial charge on any atom is 0.0608 e. The summed E-state index contributed by atoms with van der Waals surface area (Å²) in [4.78, 5) is 2.73. The molecule has 2 aromatic heterocycles. The van der Waals surface area contributed by atoms with Crippen LogP contribution in [0.5, 0.6) is 0 Å². The smallest absolute Gasteiger partial charge is 0.0608 e. The summed E-state index contributed by atoms with van der Waals surface area (Å²) in [5.74, 6) is 0.990. The molecule has 0 saturated carbocycles. The highest BCUT2D eigenvalue weighted by Gasteiger charge is 2.02. The van der Waals surface area contributed by atoms with E-state index < -0.39 is 0 Å². The molecule has 0 spiro atoms. The van der Waals surface area contributed by atoms with Crippen molar-refractivity contribution in [2.75, 3.05) is 5.75 Å². The average molecular weight is 238 g/mol. The molecular weight excluding hydrogens is 228 g/mol. The number of rotatable bonds is 4. The normalized spacial score (nSPS) is 10.3. The molecule has 0 aromatic carbocycles. The Morgan fingerprint density at radius 3 is 2.93 bits per heavy atom. The van der Waals surface area contributed by atoms with Gasteiger partial charge in [-0.1, -0.05) is 12.1 Å². The average Bonchev–Trinajstić information content (AvgIpc) is 2.85. The summed E-state index contributed by atoms with van der Waals surface area (Å²) in [6.45, 7) is 3.72. The molecule has 0 nitrogen and oxygen atoms in total. The first kappa shape index (κ1) is 10.0. The lowest BCUT2D eigenvalue weighted by Crippen LogP contribution is -1.63. The first-order valence-corrected chi connectivity index (χ1v) is 6.96. The van der Waals surface area contributed by atoms with E-state index in [1.807, 2.05) is 29.2 Å². The van der Waals surface area contributed by atoms with Crippen molar-refractivity contribution >= 4 is 34.4 Å². The molecule has 0 atom stereocenters. The third kappa shape index (κ3) is 2.29. The summed E-state index contributed by atoms with van der Waals surface area (Å²) in [5, 5.41) is 2.12. The molecule has 0 unspecified atom stereocenters. The Morgan fingerprint density at radius 1 is 1.29 bits per heavy atom. The maximum atomic E-state index is 3.72. The number of thiophene rings is 2. The third-order valence-electron chi connectivity index (χ3n) is 1.69. The summed E-state index contributed by atoms with van der Waals surface area (Å²) < 4.78 is 1.37. The number of thioether (sulfide) groups is 1. The van der Waals surface area contributed by atoms with E-state index in [0.29, 0.717) is 0 Å². The SMILES string of the molecule is C=CCSc1ccc(-c2cccs2)s1. The Kier molecular flexibility index (Phi) is 3.45. The van der Waals surface area contributed by atoms with Gasteiger partial charge < -0.3 is 0 Å². The molecule has 0 N–H and O–H groups in total. The Morgan fingerprint density at radius 2 is 2.21 bits per heavy atom. The van der Waals surface area contributed by atoms with Gasteiger partial charge in [-0.05, 0) is 23.6 Å². The van der Waals surface area contributed by atoms with Gasteiger partial charge in [-0.15, -0.1) is 41.0 Å². The molecule has 0 fully saturated rings. The molecule has 72 valence electrons. The van der Waals surface area contributed by atoms with Crippen molar-refractivity contribution in [3.8, 4) is 9.75 Å². The van der Waals surface area contributed by atoms with E-state index in [0.717, 1.165) is 5.75 Å². The summed E-state index contributed by atoms with van der Waals surface area (Å²) in [7, 11) is 0. The predicted molar refractivity (Wildman–Crippen MR) is 68.6 cm³/mol. The van der Waals surface area contributed by atoms with Crippen LogP contribution in [-0.4, -0.2) is 5.75 Å². The summed E-state index contributed by atoms with van der Waals surface area (Å²) in [5.41, 5.74) is 0. The second kappa shape index (κ2) is 4.82. The van der Waals surface area contributed by atoms with Crippen molar-refractivity contribution in [3.63, 3.8) is 0 Å². The Bertz CT molecular complexity index is 398. The molecular formula is C11H10S3. The van der Waals surface area contributed by atoms with Crippen molar-refractivity contribution in [2.45, 2.75) is 4.21 Å². The van der Waals surface area contributed by atoms with Crippen LogP contribution in [0.15, 0.2) is 46.5 Å². The predicted octanol–water partition coefficient (Wildman–Crippen LogP) is 4.75. The molecule has 2 rings (SSSR count). The van der Waals surface area contributed by atoms with Crippen molar-refractivity contribution < 1.29 is 0 Å². The lowest BCUT2D eigenvalue weighted by molar-refractivity contribution is 1.70. The van der Waals surface area contributed by atoms with Gasteiger partial charge in [0.25, 0.3) is 0 Å². The Balaban J connectivity index is 2.14. The highest BCUT2D eigenvalue weighted by atomic mass is 32.2. The second-order valence-electron chi connectivity index (χ2n) is 2.70. The first-order chi connectivity index (χ1) is 6.90. The van der Waals surface area contributed by atoms with Gasteiger partial charge in [0.2, 0.25) is 0 Å². The molecule has 2 heterocycles. The van der Waals surface area contributed by atoms with Crippen LogP contribution in [0.4, 0.5) is 0 Å². The summed E-state index contributed by atoms with van der Waals surface area (Å²) in [6.07, 6.45) is 1.94. The fourth-order valence-corrected chi connectivity index (χ4v) is 3.82. The topological polar surface area (TPSA) is 0 Å². The fraction of sp³-hybridized carbons (Fsp3) is 0.0909. The van der Waals surface area contributed by atoms with E-state index in [1.54, 1.807) is 11.3 Å². The van der Waals surface area contributed by atoms with Gasteiger partial charge in [-0.25, -0.2) is 0 Å². The lowest BCUT2D eigenvalue weighted by atomic mass is 10.4. The van der Waals surface area contributed by atoms with Crippen LogP contribution < -0.4 is 0 Å². The van der Waals surface area contributed by atoms with E-state index in [2.05, 4.69) is 36.2 Å². The third-order valence-corrected chi connectivity index (χ3v) is 5.06. The van der Waals surface area contributed by atoms with Crippen LogP contribution in [0.3, 0.4) is 0 Å². The highest BCUT2D eigenvalue weighted by molar-refractivity contribution is 8.01. The molecule has 2 aromatic rings. The largest absolute Gasteiger partial charge is 0.143 e. The molecule has 0 aliphatic heterocycles. The van der Waals surface area contributed by atoms with Gasteiger partial charge >= 0.3 is 0 Å². The van der Waals surface area contributed by atoms with Crippen molar-refractivity contribution in [3.05, 3.63) is 42.3 Å². The molecule has 3 heteroatoms. The lowest BCUT2D eigenvalue weighted by Gasteiger charge is -1.90. The highest BCUT2D eigenvalue weighted by Crippen LogP contribution is 2.35. The van der Waals surface area contributed by atoms with Gasteiger partial charge in [-0.2, -0.15) is 0 Å². The van der Waals surface area contributed by atoms with Crippen LogP contribution in [0, 0.1) is 0 Å². The van der Waals surface area contributed by atoms with Crippen molar-refractivity contribution in [2.24, 2.45) is 0 Å². The van der Waals surface area contributed by atoms with E-state index in [1.165, 1.54) is 14.0 Å². The molecule has 14 heavy (non-hydrogen) atoms. The van der Waals surface area contributed by atoms with Gasteiger partial charge in [0, 0.05) is 15.5 Å². The Hall–Kier alpha value is -0.510. The van der Waals surface area contributed by atoms with Crippen LogP contribution in [-0.2, 0) is 0 Å². The maximum absolute atomic E-state index is 3.72. The quantitative estimate of drug-likeness (QED) is 0.547. The molecule has 0 aliphatic rings. The van der Waals surface area contributed by atoms with Gasteiger partial charge in [0.15, 0.2) is 0 Å². The minimum absolute atomic E-state index is 0.990. The van der Waals surface area contributed by atoms with Gasteiger partial charge in [0.1, 0.15) is 0 Å². The monoisotopic (exact) mass is 238 g/mol. The zero-order chi connectivity index (χ0) is 9.80. The van der Waals surface area contributed by atoms with Crippen LogP contribution in [0.1, 0.15) is 0 Å². The fourth-order valence-electron chi connectivity index (χ4n) is 1.09.